The van der Waals surface area contributed by atoms with E-state index in [1.807, 2.05) is 12.1 Å². The van der Waals surface area contributed by atoms with Crippen molar-refractivity contribution < 1.29 is 19.1 Å². The van der Waals surface area contributed by atoms with Crippen molar-refractivity contribution in [1.29, 1.82) is 0 Å². The third-order valence-corrected chi connectivity index (χ3v) is 5.67. The van der Waals surface area contributed by atoms with E-state index >= 15 is 0 Å². The molecule has 0 heterocycles. The van der Waals surface area contributed by atoms with Gasteiger partial charge in [-0.25, -0.2) is 4.79 Å². The molecular formula is C25H25NO4S. The predicted molar refractivity (Wildman–Crippen MR) is 124 cm³/mol. The van der Waals surface area contributed by atoms with Gasteiger partial charge in [0.2, 0.25) is 0 Å². The third kappa shape index (κ3) is 6.12. The molecule has 0 aliphatic carbocycles. The van der Waals surface area contributed by atoms with Gasteiger partial charge >= 0.3 is 5.97 Å². The first-order chi connectivity index (χ1) is 15.0. The molecule has 1 N–H and O–H groups in total. The number of carbonyl (C=O) groups is 2. The van der Waals surface area contributed by atoms with Gasteiger partial charge in [0.25, 0.3) is 5.91 Å². The quantitative estimate of drug-likeness (QED) is 0.362. The van der Waals surface area contributed by atoms with Gasteiger partial charge in [-0.1, -0.05) is 17.7 Å². The first-order valence-corrected chi connectivity index (χ1v) is 10.9. The minimum absolute atomic E-state index is 0.229. The maximum absolute atomic E-state index is 12.7. The lowest BCUT2D eigenvalue weighted by atomic mass is 10.1. The molecule has 3 rings (SSSR count). The summed E-state index contributed by atoms with van der Waals surface area (Å²) in [5.74, 6) is 0.816. The van der Waals surface area contributed by atoms with E-state index in [0.29, 0.717) is 29.2 Å². The Morgan fingerprint density at radius 1 is 0.935 bits per heavy atom. The number of carbonyl (C=O) groups excluding carboxylic acids is 2. The number of benzene rings is 3. The fourth-order valence-electron chi connectivity index (χ4n) is 2.94. The molecular weight excluding hydrogens is 410 g/mol. The summed E-state index contributed by atoms with van der Waals surface area (Å²) in [6.07, 6.45) is 0. The van der Waals surface area contributed by atoms with Gasteiger partial charge in [0, 0.05) is 27.5 Å². The van der Waals surface area contributed by atoms with Crippen molar-refractivity contribution in [3.63, 3.8) is 0 Å². The molecule has 0 bridgehead atoms. The highest BCUT2D eigenvalue weighted by Gasteiger charge is 2.12. The molecule has 3 aromatic carbocycles. The number of amides is 1. The maximum Gasteiger partial charge on any atom is 0.338 e. The van der Waals surface area contributed by atoms with E-state index < -0.39 is 0 Å². The predicted octanol–water partition coefficient (Wildman–Crippen LogP) is 5.72. The van der Waals surface area contributed by atoms with E-state index in [4.69, 9.17) is 9.47 Å². The second-order valence-electron chi connectivity index (χ2n) is 6.88. The molecule has 31 heavy (non-hydrogen) atoms. The lowest BCUT2D eigenvalue weighted by molar-refractivity contribution is 0.0526. The highest BCUT2D eigenvalue weighted by atomic mass is 32.2. The first kappa shape index (κ1) is 22.4. The van der Waals surface area contributed by atoms with Gasteiger partial charge in [0.05, 0.1) is 19.3 Å². The van der Waals surface area contributed by atoms with Crippen LogP contribution in [0.15, 0.2) is 71.6 Å². The second kappa shape index (κ2) is 10.7. The number of hydrogen-bond acceptors (Lipinski definition) is 5. The standard InChI is InChI=1S/C25H25NO4S/c1-4-30-25(28)18-7-10-21(11-8-18)26-24(27)19-9-14-23(29-3)20(15-19)16-31-22-12-5-17(2)6-13-22/h5-15H,4,16H2,1-3H3,(H,26,27). The molecule has 0 aliphatic rings. The molecule has 0 radical (unpaired) electrons. The number of ether oxygens (including phenoxy) is 2. The van der Waals surface area contributed by atoms with Gasteiger partial charge in [-0.15, -0.1) is 11.8 Å². The summed E-state index contributed by atoms with van der Waals surface area (Å²) >= 11 is 1.69. The Bertz CT molecular complexity index is 1050. The topological polar surface area (TPSA) is 64.6 Å². The summed E-state index contributed by atoms with van der Waals surface area (Å²) < 4.78 is 10.4. The van der Waals surface area contributed by atoms with Gasteiger partial charge in [-0.2, -0.15) is 0 Å². The Morgan fingerprint density at radius 2 is 1.61 bits per heavy atom. The molecule has 3 aromatic rings. The molecule has 160 valence electrons. The van der Waals surface area contributed by atoms with Gasteiger partial charge in [0.1, 0.15) is 5.75 Å². The number of rotatable bonds is 8. The average molecular weight is 436 g/mol. The van der Waals surface area contributed by atoms with Crippen molar-refractivity contribution in [2.75, 3.05) is 19.0 Å². The van der Waals surface area contributed by atoms with Crippen LogP contribution in [0.4, 0.5) is 5.69 Å². The molecule has 0 saturated heterocycles. The van der Waals surface area contributed by atoms with E-state index in [-0.39, 0.29) is 11.9 Å². The third-order valence-electron chi connectivity index (χ3n) is 4.61. The van der Waals surface area contributed by atoms with E-state index in [9.17, 15) is 9.59 Å². The molecule has 0 spiro atoms. The largest absolute Gasteiger partial charge is 0.496 e. The Labute approximate surface area is 186 Å². The lowest BCUT2D eigenvalue weighted by Gasteiger charge is -2.12. The van der Waals surface area contributed by atoms with Crippen LogP contribution in [0.2, 0.25) is 0 Å². The number of anilines is 1. The van der Waals surface area contributed by atoms with E-state index in [2.05, 4.69) is 36.5 Å². The van der Waals surface area contributed by atoms with Crippen LogP contribution in [0.5, 0.6) is 5.75 Å². The smallest absolute Gasteiger partial charge is 0.338 e. The van der Waals surface area contributed by atoms with Crippen molar-refractivity contribution in [2.45, 2.75) is 24.5 Å². The summed E-state index contributed by atoms with van der Waals surface area (Å²) in [7, 11) is 1.63. The molecule has 0 aromatic heterocycles. The molecule has 0 atom stereocenters. The number of hydrogen-bond donors (Lipinski definition) is 1. The summed E-state index contributed by atoms with van der Waals surface area (Å²) in [6, 6.07) is 20.4. The maximum atomic E-state index is 12.7. The normalized spacial score (nSPS) is 10.4. The van der Waals surface area contributed by atoms with Crippen LogP contribution in [-0.2, 0) is 10.5 Å². The monoisotopic (exact) mass is 435 g/mol. The van der Waals surface area contributed by atoms with Crippen LogP contribution in [-0.4, -0.2) is 25.6 Å². The molecule has 0 unspecified atom stereocenters. The SMILES string of the molecule is CCOC(=O)c1ccc(NC(=O)c2ccc(OC)c(CSc3ccc(C)cc3)c2)cc1. The van der Waals surface area contributed by atoms with Gasteiger partial charge < -0.3 is 14.8 Å². The van der Waals surface area contributed by atoms with Gasteiger partial charge in [0.15, 0.2) is 0 Å². The van der Waals surface area contributed by atoms with E-state index in [0.717, 1.165) is 16.2 Å². The van der Waals surface area contributed by atoms with Crippen LogP contribution >= 0.6 is 11.8 Å². The zero-order valence-electron chi connectivity index (χ0n) is 17.8. The van der Waals surface area contributed by atoms with E-state index in [1.54, 1.807) is 56.1 Å². The average Bonchev–Trinajstić information content (AvgIpc) is 2.79. The van der Waals surface area contributed by atoms with Crippen molar-refractivity contribution in [2.24, 2.45) is 0 Å². The number of nitrogens with one attached hydrogen (secondary N) is 1. The van der Waals surface area contributed by atoms with Crippen LogP contribution in [0, 0.1) is 6.92 Å². The van der Waals surface area contributed by atoms with Crippen LogP contribution < -0.4 is 10.1 Å². The highest BCUT2D eigenvalue weighted by molar-refractivity contribution is 7.98. The Kier molecular flexibility index (Phi) is 7.73. The zero-order valence-corrected chi connectivity index (χ0v) is 18.6. The van der Waals surface area contributed by atoms with Crippen LogP contribution in [0.25, 0.3) is 0 Å². The van der Waals surface area contributed by atoms with Crippen LogP contribution in [0.1, 0.15) is 38.8 Å². The van der Waals surface area contributed by atoms with Crippen LogP contribution in [0.3, 0.4) is 0 Å². The number of methoxy groups -OCH3 is 1. The van der Waals surface area contributed by atoms with Crippen molar-refractivity contribution in [1.82, 2.24) is 0 Å². The number of esters is 1. The Morgan fingerprint density at radius 3 is 2.26 bits per heavy atom. The number of thioether (sulfide) groups is 1. The van der Waals surface area contributed by atoms with Crippen molar-refractivity contribution in [3.8, 4) is 5.75 Å². The molecule has 5 nitrogen and oxygen atoms in total. The molecule has 6 heteroatoms. The molecule has 1 amide bonds. The number of aryl methyl sites for hydroxylation is 1. The van der Waals surface area contributed by atoms with Crippen molar-refractivity contribution in [3.05, 3.63) is 89.0 Å². The molecule has 0 aliphatic heterocycles. The van der Waals surface area contributed by atoms with E-state index in [1.165, 1.54) is 5.56 Å². The summed E-state index contributed by atoms with van der Waals surface area (Å²) in [6.45, 7) is 4.14. The molecule has 0 saturated carbocycles. The highest BCUT2D eigenvalue weighted by Crippen LogP contribution is 2.29. The Balaban J connectivity index is 1.70. The summed E-state index contributed by atoms with van der Waals surface area (Å²) in [5, 5.41) is 2.86. The van der Waals surface area contributed by atoms with Gasteiger partial charge in [-0.3, -0.25) is 4.79 Å². The minimum atomic E-state index is -0.383. The fourth-order valence-corrected chi connectivity index (χ4v) is 3.81. The van der Waals surface area contributed by atoms with Crippen molar-refractivity contribution >= 4 is 29.3 Å². The second-order valence-corrected chi connectivity index (χ2v) is 7.93. The Hall–Kier alpha value is -3.25. The summed E-state index contributed by atoms with van der Waals surface area (Å²) in [4.78, 5) is 25.7. The lowest BCUT2D eigenvalue weighted by Crippen LogP contribution is -2.12. The minimum Gasteiger partial charge on any atom is -0.496 e. The summed E-state index contributed by atoms with van der Waals surface area (Å²) in [5.41, 5.74) is 3.74. The zero-order chi connectivity index (χ0) is 22.2. The first-order valence-electron chi connectivity index (χ1n) is 9.95. The fraction of sp³-hybridized carbons (Fsp3) is 0.200. The van der Waals surface area contributed by atoms with Gasteiger partial charge in [-0.05, 0) is 68.4 Å². The molecule has 0 fully saturated rings.